The van der Waals surface area contributed by atoms with E-state index in [9.17, 15) is 19.7 Å². The number of aromatic hydroxyl groups is 1. The third kappa shape index (κ3) is 7.47. The van der Waals surface area contributed by atoms with Gasteiger partial charge in [0.15, 0.2) is 0 Å². The van der Waals surface area contributed by atoms with Crippen molar-refractivity contribution in [1.29, 1.82) is 0 Å². The highest BCUT2D eigenvalue weighted by molar-refractivity contribution is 7.09. The van der Waals surface area contributed by atoms with Crippen molar-refractivity contribution in [2.75, 3.05) is 6.61 Å². The lowest BCUT2D eigenvalue weighted by Gasteiger charge is -2.46. The number of imide groups is 1. The van der Waals surface area contributed by atoms with Gasteiger partial charge < -0.3 is 19.2 Å². The largest absolute Gasteiger partial charge is 0.508 e. The number of carbonyl (C=O) groups excluding carboxylic acids is 2. The van der Waals surface area contributed by atoms with E-state index < -0.39 is 33.4 Å². The van der Waals surface area contributed by atoms with Crippen molar-refractivity contribution in [3.63, 3.8) is 0 Å². The van der Waals surface area contributed by atoms with E-state index in [0.29, 0.717) is 19.4 Å². The van der Waals surface area contributed by atoms with E-state index >= 15 is 0 Å². The van der Waals surface area contributed by atoms with Crippen molar-refractivity contribution in [2.24, 2.45) is 17.8 Å². The molecular weight excluding hydrogens is 709 g/mol. The minimum atomic E-state index is -2.95. The Hall–Kier alpha value is -4.06. The molecule has 4 atom stereocenters. The summed E-state index contributed by atoms with van der Waals surface area (Å²) in [4.78, 5) is 31.0. The molecule has 3 aromatic carbocycles. The van der Waals surface area contributed by atoms with E-state index in [2.05, 4.69) is 82.3 Å². The Balaban J connectivity index is 1.29. The molecule has 280 valence electrons. The standard InChI is InChI=1S/C44H50BNO6SSi/c1-5-30(25-31-18-21-33(47)22-19-31)20-23-39-40-32(29-51-54(44(2,3)4,35-14-8-6-9-15-35)36-16-10-7-11-17-36)26-37-41(38(40)27-45(50)52-39)43(49)46(42(37)48)28-34-13-12-24-53-34/h6-19,21-22,24-25,37-39,41,47,50H,5,20,23,26-29H2,1-4H3/b30-25+/t37-,38+,39-,41-/m1/s1. The van der Waals surface area contributed by atoms with Crippen LogP contribution in [-0.2, 0) is 25.2 Å². The summed E-state index contributed by atoms with van der Waals surface area (Å²) in [7, 11) is -4.00. The van der Waals surface area contributed by atoms with Gasteiger partial charge in [0.05, 0.1) is 31.1 Å². The molecule has 7 rings (SSSR count). The molecule has 1 aliphatic carbocycles. The Kier molecular flexibility index (Phi) is 11.3. The summed E-state index contributed by atoms with van der Waals surface area (Å²) >= 11 is 1.54. The Morgan fingerprint density at radius 1 is 0.944 bits per heavy atom. The number of rotatable bonds is 12. The maximum atomic E-state index is 14.3. The van der Waals surface area contributed by atoms with Gasteiger partial charge in [-0.3, -0.25) is 14.5 Å². The minimum Gasteiger partial charge on any atom is -0.508 e. The predicted molar refractivity (Wildman–Crippen MR) is 219 cm³/mol. The summed E-state index contributed by atoms with van der Waals surface area (Å²) < 4.78 is 13.9. The fourth-order valence-electron chi connectivity index (χ4n) is 9.11. The molecule has 3 aliphatic rings. The first-order chi connectivity index (χ1) is 26.0. The Bertz CT molecular complexity index is 1950. The van der Waals surface area contributed by atoms with Crippen LogP contribution in [0.5, 0.6) is 5.75 Å². The molecule has 54 heavy (non-hydrogen) atoms. The van der Waals surface area contributed by atoms with Crippen LogP contribution in [0, 0.1) is 17.8 Å². The van der Waals surface area contributed by atoms with Crippen LogP contribution < -0.4 is 10.4 Å². The lowest BCUT2D eigenvalue weighted by atomic mass is 9.58. The number of fused-ring (bicyclic) bond motifs is 3. The molecule has 3 heterocycles. The average Bonchev–Trinajstić information content (AvgIpc) is 3.77. The zero-order chi connectivity index (χ0) is 38.0. The Morgan fingerprint density at radius 2 is 1.61 bits per heavy atom. The molecule has 4 aromatic rings. The first-order valence-electron chi connectivity index (χ1n) is 19.2. The van der Waals surface area contributed by atoms with E-state index in [0.717, 1.165) is 34.4 Å². The number of likely N-dealkylation sites (tertiary alicyclic amines) is 1. The van der Waals surface area contributed by atoms with Gasteiger partial charge in [-0.05, 0) is 93.6 Å². The molecule has 2 aliphatic heterocycles. The number of hydrogen-bond acceptors (Lipinski definition) is 7. The molecule has 1 aromatic heterocycles. The van der Waals surface area contributed by atoms with Gasteiger partial charge in [0.1, 0.15) is 5.75 Å². The van der Waals surface area contributed by atoms with E-state index in [4.69, 9.17) is 9.08 Å². The molecule has 10 heteroatoms. The van der Waals surface area contributed by atoms with Crippen LogP contribution in [-0.4, -0.2) is 55.0 Å². The molecule has 2 amide bonds. The second kappa shape index (κ2) is 16.0. The van der Waals surface area contributed by atoms with Gasteiger partial charge in [0.25, 0.3) is 8.32 Å². The lowest BCUT2D eigenvalue weighted by Crippen LogP contribution is -2.66. The van der Waals surface area contributed by atoms with Crippen LogP contribution in [0.15, 0.2) is 119 Å². The summed E-state index contributed by atoms with van der Waals surface area (Å²) in [5.41, 5.74) is 4.27. The zero-order valence-corrected chi connectivity index (χ0v) is 33.4. The maximum absolute atomic E-state index is 14.3. The highest BCUT2D eigenvalue weighted by Crippen LogP contribution is 2.51. The van der Waals surface area contributed by atoms with Crippen molar-refractivity contribution >= 4 is 55.0 Å². The van der Waals surface area contributed by atoms with Crippen LogP contribution >= 0.6 is 11.3 Å². The summed E-state index contributed by atoms with van der Waals surface area (Å²) in [6.45, 7) is 9.47. The predicted octanol–water partition coefficient (Wildman–Crippen LogP) is 7.60. The number of thiophene rings is 1. The second-order valence-corrected chi connectivity index (χ2v) is 21.2. The van der Waals surface area contributed by atoms with Crippen molar-refractivity contribution in [2.45, 2.75) is 77.4 Å². The van der Waals surface area contributed by atoms with Gasteiger partial charge in [0.2, 0.25) is 11.8 Å². The summed E-state index contributed by atoms with van der Waals surface area (Å²) in [6.07, 6.45) is 4.54. The molecule has 0 bridgehead atoms. The number of phenolic OH excluding ortho intramolecular Hbond substituents is 1. The molecule has 0 radical (unpaired) electrons. The van der Waals surface area contributed by atoms with E-state index in [1.54, 1.807) is 23.5 Å². The Labute approximate surface area is 324 Å². The third-order valence-electron chi connectivity index (χ3n) is 11.6. The molecule has 0 spiro atoms. The van der Waals surface area contributed by atoms with Crippen LogP contribution in [0.3, 0.4) is 0 Å². The molecule has 7 nitrogen and oxygen atoms in total. The van der Waals surface area contributed by atoms with Gasteiger partial charge >= 0.3 is 7.12 Å². The van der Waals surface area contributed by atoms with E-state index in [-0.39, 0.29) is 41.4 Å². The molecule has 2 saturated heterocycles. The first-order valence-corrected chi connectivity index (χ1v) is 22.0. The zero-order valence-electron chi connectivity index (χ0n) is 31.6. The maximum Gasteiger partial charge on any atom is 0.455 e. The summed E-state index contributed by atoms with van der Waals surface area (Å²) in [5.74, 6) is -1.47. The second-order valence-electron chi connectivity index (χ2n) is 15.9. The molecule has 0 saturated carbocycles. The van der Waals surface area contributed by atoms with Crippen LogP contribution in [0.1, 0.15) is 63.8 Å². The molecule has 2 fully saturated rings. The van der Waals surface area contributed by atoms with Crippen molar-refractivity contribution in [3.05, 3.63) is 130 Å². The highest BCUT2D eigenvalue weighted by Gasteiger charge is 2.58. The summed E-state index contributed by atoms with van der Waals surface area (Å²) in [5, 5.41) is 25.2. The number of allylic oxidation sites excluding steroid dienone is 1. The van der Waals surface area contributed by atoms with Crippen LogP contribution in [0.4, 0.5) is 0 Å². The van der Waals surface area contributed by atoms with E-state index in [1.165, 1.54) is 20.8 Å². The number of nitrogens with zero attached hydrogens (tertiary/aromatic N) is 1. The van der Waals surface area contributed by atoms with Crippen molar-refractivity contribution < 1.29 is 28.8 Å². The van der Waals surface area contributed by atoms with Crippen LogP contribution in [0.25, 0.3) is 6.08 Å². The van der Waals surface area contributed by atoms with Gasteiger partial charge in [-0.15, -0.1) is 11.3 Å². The molecule has 2 N–H and O–H groups in total. The van der Waals surface area contributed by atoms with Gasteiger partial charge in [-0.25, -0.2) is 0 Å². The number of hydrogen-bond donors (Lipinski definition) is 2. The summed E-state index contributed by atoms with van der Waals surface area (Å²) in [6, 6.07) is 32.2. The third-order valence-corrected chi connectivity index (χ3v) is 17.5. The minimum absolute atomic E-state index is 0.136. The average molecular weight is 760 g/mol. The monoisotopic (exact) mass is 759 g/mol. The van der Waals surface area contributed by atoms with Crippen LogP contribution in [0.2, 0.25) is 11.4 Å². The normalized spacial score (nSPS) is 22.1. The van der Waals surface area contributed by atoms with E-state index in [1.807, 2.05) is 41.8 Å². The number of benzene rings is 3. The Morgan fingerprint density at radius 3 is 2.20 bits per heavy atom. The van der Waals surface area contributed by atoms with Crippen molar-refractivity contribution in [3.8, 4) is 5.75 Å². The van der Waals surface area contributed by atoms with Crippen molar-refractivity contribution in [1.82, 2.24) is 4.90 Å². The number of carbonyl (C=O) groups is 2. The number of phenols is 1. The fourth-order valence-corrected chi connectivity index (χ4v) is 14.3. The molecule has 0 unspecified atom stereocenters. The smallest absolute Gasteiger partial charge is 0.455 e. The van der Waals surface area contributed by atoms with Gasteiger partial charge in [-0.2, -0.15) is 0 Å². The SMILES string of the molecule is CC/C(=C\c1ccc(O)cc1)CC[C@H]1OB(O)C[C@H]2C1=C(CO[Si](c1ccccc1)(c1ccccc1)C(C)(C)C)C[C@H]1C(=O)N(Cc3cccs3)C(=O)[C@H]12. The lowest BCUT2D eigenvalue weighted by molar-refractivity contribution is -0.140. The number of amides is 2. The van der Waals surface area contributed by atoms with Gasteiger partial charge in [-0.1, -0.05) is 118 Å². The van der Waals surface area contributed by atoms with Gasteiger partial charge in [0, 0.05) is 4.88 Å². The topological polar surface area (TPSA) is 96.3 Å². The first kappa shape index (κ1) is 38.2. The highest BCUT2D eigenvalue weighted by atomic mass is 32.1. The fraction of sp³-hybridized carbons (Fsp3) is 0.364. The quantitative estimate of drug-likeness (QED) is 0.0878. The molecular formula is C44H50BNO6SSi.